The predicted octanol–water partition coefficient (Wildman–Crippen LogP) is 13.1. The molecule has 293 valence electrons. The maximum atomic E-state index is 6.42. The Kier molecular flexibility index (Phi) is 12.1. The molecule has 1 radical (unpaired) electrons. The van der Waals surface area contributed by atoms with E-state index >= 15 is 0 Å². The molecule has 4 aromatic carbocycles. The van der Waals surface area contributed by atoms with Gasteiger partial charge in [0.1, 0.15) is 5.58 Å². The quantitative estimate of drug-likeness (QED) is 0.123. The van der Waals surface area contributed by atoms with E-state index < -0.39 is 8.07 Å². The molecular weight excluding hydrogens is 889 g/mol. The first-order valence-electron chi connectivity index (χ1n) is 21.3. The van der Waals surface area contributed by atoms with E-state index in [0.717, 1.165) is 57.5 Å². The SMILES string of the molecule is C[Si](C)(C)c1cnc(-c2[c-]ccc3c2CCCC3)cc1CC1CCCCC1.[Ir].[c-]1ccc2c(oc3cc(-c4ccccc4)ccc32)c1-c1nccc2c1CCCC2. The van der Waals surface area contributed by atoms with Crippen molar-refractivity contribution in [2.45, 2.75) is 110 Å². The molecule has 0 saturated heterocycles. The first kappa shape index (κ1) is 39.7. The van der Waals surface area contributed by atoms with Crippen LogP contribution in [0.5, 0.6) is 0 Å². The number of nitrogens with zero attached hydrogens (tertiary/aromatic N) is 2. The van der Waals surface area contributed by atoms with Crippen LogP contribution in [0.2, 0.25) is 19.6 Å². The van der Waals surface area contributed by atoms with Crippen molar-refractivity contribution in [3.63, 3.8) is 0 Å². The van der Waals surface area contributed by atoms with Gasteiger partial charge in [0, 0.05) is 37.9 Å². The third-order valence-corrected chi connectivity index (χ3v) is 14.7. The molecule has 57 heavy (non-hydrogen) atoms. The average molecular weight is 943 g/mol. The standard InChI is InChI=1S/C27H20NO.C25H34NSi.Ir/c1-2-7-18(8-3-1)20-13-14-22-23-11-6-12-24(27(23)29-25(22)17-20)26-21-10-5-4-9-19(21)15-16-28-26;1-27(2,3)25-18-26-24(17-21(25)16-19-10-5-4-6-11-19)23-15-9-13-20-12-7-8-14-22(20)23;/h1-3,6-8,11,13-17H,4-5,9-10H2;9,13,17-19H,4-8,10-12,14,16H2,1-3H3;/q2*-1;. The molecule has 0 N–H and O–H groups in total. The Morgan fingerprint density at radius 3 is 2.18 bits per heavy atom. The van der Waals surface area contributed by atoms with Crippen LogP contribution in [0.1, 0.15) is 85.6 Å². The van der Waals surface area contributed by atoms with E-state index in [1.54, 1.807) is 10.8 Å². The number of furan rings is 1. The van der Waals surface area contributed by atoms with Gasteiger partial charge in [-0.2, -0.15) is 0 Å². The van der Waals surface area contributed by atoms with Gasteiger partial charge in [-0.3, -0.25) is 0 Å². The van der Waals surface area contributed by atoms with E-state index in [0.29, 0.717) is 0 Å². The molecule has 3 aromatic heterocycles. The molecule has 0 aliphatic heterocycles. The van der Waals surface area contributed by atoms with Gasteiger partial charge < -0.3 is 14.4 Å². The molecule has 3 nitrogen and oxygen atoms in total. The second-order valence-electron chi connectivity index (χ2n) is 17.5. The smallest absolute Gasteiger partial charge is 0.121 e. The number of hydrogen-bond acceptors (Lipinski definition) is 3. The van der Waals surface area contributed by atoms with Crippen LogP contribution in [0.4, 0.5) is 0 Å². The average Bonchev–Trinajstić information content (AvgIpc) is 3.62. The summed E-state index contributed by atoms with van der Waals surface area (Å²) in [6.45, 7) is 7.39. The third kappa shape index (κ3) is 8.40. The van der Waals surface area contributed by atoms with Crippen molar-refractivity contribution >= 4 is 35.2 Å². The van der Waals surface area contributed by atoms with Crippen LogP contribution in [0.3, 0.4) is 0 Å². The van der Waals surface area contributed by atoms with Crippen LogP contribution in [0.15, 0.2) is 102 Å². The van der Waals surface area contributed by atoms with E-state index in [-0.39, 0.29) is 20.1 Å². The molecule has 0 bridgehead atoms. The molecule has 3 aliphatic carbocycles. The van der Waals surface area contributed by atoms with Crippen molar-refractivity contribution < 1.29 is 24.5 Å². The third-order valence-electron chi connectivity index (χ3n) is 12.7. The topological polar surface area (TPSA) is 38.9 Å². The van der Waals surface area contributed by atoms with Crippen molar-refractivity contribution in [2.24, 2.45) is 5.92 Å². The molecule has 7 aromatic rings. The Labute approximate surface area is 354 Å². The minimum Gasteiger partial charge on any atom is -0.501 e. The monoisotopic (exact) mass is 943 g/mol. The molecule has 0 spiro atoms. The van der Waals surface area contributed by atoms with Gasteiger partial charge in [0.2, 0.25) is 0 Å². The van der Waals surface area contributed by atoms with E-state index in [9.17, 15) is 0 Å². The Balaban J connectivity index is 0.000000157. The zero-order valence-electron chi connectivity index (χ0n) is 33.9. The first-order chi connectivity index (χ1) is 27.4. The molecule has 0 atom stereocenters. The number of hydrogen-bond donors (Lipinski definition) is 0. The molecule has 1 fully saturated rings. The second-order valence-corrected chi connectivity index (χ2v) is 22.6. The van der Waals surface area contributed by atoms with Gasteiger partial charge >= 0.3 is 0 Å². The normalized spacial score (nSPS) is 15.6. The summed E-state index contributed by atoms with van der Waals surface area (Å²) in [7, 11) is -1.39. The van der Waals surface area contributed by atoms with Crippen LogP contribution < -0.4 is 5.19 Å². The molecule has 0 amide bonds. The number of aryl methyl sites for hydroxylation is 2. The number of aromatic nitrogens is 2. The van der Waals surface area contributed by atoms with Crippen LogP contribution in [0.25, 0.3) is 55.6 Å². The summed E-state index contributed by atoms with van der Waals surface area (Å²) in [5.41, 5.74) is 16.1. The molecule has 3 aliphatic rings. The van der Waals surface area contributed by atoms with E-state index in [1.807, 2.05) is 18.3 Å². The van der Waals surface area contributed by atoms with Crippen molar-refractivity contribution in [3.8, 4) is 33.6 Å². The molecule has 0 unspecified atom stereocenters. The second kappa shape index (κ2) is 17.4. The molecular formula is C52H54IrN2OSi-2. The number of fused-ring (bicyclic) bond motifs is 5. The number of benzene rings is 4. The summed E-state index contributed by atoms with van der Waals surface area (Å²) in [6, 6.07) is 37.0. The van der Waals surface area contributed by atoms with Crippen LogP contribution >= 0.6 is 0 Å². The Morgan fingerprint density at radius 1 is 0.667 bits per heavy atom. The largest absolute Gasteiger partial charge is 0.501 e. The molecule has 3 heterocycles. The van der Waals surface area contributed by atoms with Crippen molar-refractivity contribution in [1.82, 2.24) is 9.97 Å². The van der Waals surface area contributed by atoms with Crippen LogP contribution in [0, 0.1) is 18.1 Å². The van der Waals surface area contributed by atoms with Gasteiger partial charge in [0.25, 0.3) is 0 Å². The van der Waals surface area contributed by atoms with Crippen molar-refractivity contribution in [1.29, 1.82) is 0 Å². The minimum absolute atomic E-state index is 0. The first-order valence-corrected chi connectivity index (χ1v) is 24.8. The van der Waals surface area contributed by atoms with Gasteiger partial charge in [-0.05, 0) is 84.3 Å². The number of pyridine rings is 2. The van der Waals surface area contributed by atoms with Gasteiger partial charge in [0.05, 0.1) is 13.7 Å². The Bertz CT molecular complexity index is 2490. The summed E-state index contributed by atoms with van der Waals surface area (Å²) in [6.07, 6.45) is 22.3. The minimum atomic E-state index is -1.39. The molecule has 1 saturated carbocycles. The van der Waals surface area contributed by atoms with E-state index in [1.165, 1.54) is 116 Å². The van der Waals surface area contributed by atoms with Gasteiger partial charge in [-0.25, -0.2) is 0 Å². The fourth-order valence-electron chi connectivity index (χ4n) is 9.73. The summed E-state index contributed by atoms with van der Waals surface area (Å²) in [4.78, 5) is 9.74. The van der Waals surface area contributed by atoms with Crippen molar-refractivity contribution in [2.75, 3.05) is 0 Å². The maximum Gasteiger partial charge on any atom is 0.121 e. The van der Waals surface area contributed by atoms with Crippen LogP contribution in [-0.2, 0) is 52.2 Å². The van der Waals surface area contributed by atoms with Gasteiger partial charge in [-0.1, -0.05) is 147 Å². The summed E-state index contributed by atoms with van der Waals surface area (Å²) >= 11 is 0. The zero-order valence-corrected chi connectivity index (χ0v) is 37.2. The predicted molar refractivity (Wildman–Crippen MR) is 236 cm³/mol. The summed E-state index contributed by atoms with van der Waals surface area (Å²) < 4.78 is 6.42. The van der Waals surface area contributed by atoms with Crippen molar-refractivity contribution in [3.05, 3.63) is 137 Å². The van der Waals surface area contributed by atoms with E-state index in [4.69, 9.17) is 14.4 Å². The van der Waals surface area contributed by atoms with E-state index in [2.05, 4.69) is 111 Å². The van der Waals surface area contributed by atoms with Crippen LogP contribution in [-0.4, -0.2) is 18.0 Å². The molecule has 10 rings (SSSR count). The Morgan fingerprint density at radius 2 is 1.39 bits per heavy atom. The summed E-state index contributed by atoms with van der Waals surface area (Å²) in [5.74, 6) is 0.873. The fraction of sp³-hybridized carbons (Fsp3) is 0.346. The zero-order chi connectivity index (χ0) is 38.1. The summed E-state index contributed by atoms with van der Waals surface area (Å²) in [5, 5.41) is 3.84. The Hall–Kier alpha value is -4.15. The fourth-order valence-corrected chi connectivity index (χ4v) is 11.3. The maximum absolute atomic E-state index is 6.42. The molecule has 5 heteroatoms. The van der Waals surface area contributed by atoms with Gasteiger partial charge in [0.15, 0.2) is 0 Å². The van der Waals surface area contributed by atoms with Gasteiger partial charge in [-0.15, -0.1) is 53.1 Å². The number of rotatable bonds is 6.